The summed E-state index contributed by atoms with van der Waals surface area (Å²) in [5.74, 6) is 0.559. The van der Waals surface area contributed by atoms with Crippen LogP contribution < -0.4 is 4.90 Å². The number of rotatable bonds is 5. The molecule has 0 spiro atoms. The molecule has 1 aliphatic heterocycles. The Balaban J connectivity index is 1.50. The minimum atomic E-state index is -0.394. The Morgan fingerprint density at radius 2 is 1.89 bits per heavy atom. The molecule has 3 amide bonds. The van der Waals surface area contributed by atoms with Crippen LogP contribution in [0.1, 0.15) is 22.6 Å². The van der Waals surface area contributed by atoms with Crippen molar-refractivity contribution in [2.75, 3.05) is 11.4 Å². The lowest BCUT2D eigenvalue weighted by molar-refractivity contribution is -0.116. The molecular formula is C19H19N5O4. The van der Waals surface area contributed by atoms with E-state index in [1.165, 1.54) is 11.1 Å². The lowest BCUT2D eigenvalue weighted by Crippen LogP contribution is -2.32. The monoisotopic (exact) mass is 381 g/mol. The number of amides is 3. The molecule has 0 bridgehead atoms. The van der Waals surface area contributed by atoms with Gasteiger partial charge in [0.15, 0.2) is 0 Å². The maximum atomic E-state index is 12.7. The molecule has 4 rings (SSSR count). The second-order valence-corrected chi connectivity index (χ2v) is 6.73. The molecule has 144 valence electrons. The number of hydrogen-bond acceptors (Lipinski definition) is 6. The van der Waals surface area contributed by atoms with E-state index in [4.69, 9.17) is 4.52 Å². The third-order valence-corrected chi connectivity index (χ3v) is 4.73. The Morgan fingerprint density at radius 3 is 2.57 bits per heavy atom. The van der Waals surface area contributed by atoms with E-state index in [2.05, 4.69) is 10.3 Å². The Morgan fingerprint density at radius 1 is 1.14 bits per heavy atom. The van der Waals surface area contributed by atoms with E-state index in [0.29, 0.717) is 18.0 Å². The SMILES string of the molecule is Cc1noc(C)c1Cn1cc(N2C(=O)CN(Cc3ccc(O)cc3)C2=O)cn1. The first kappa shape index (κ1) is 17.8. The van der Waals surface area contributed by atoms with Crippen molar-refractivity contribution >= 4 is 17.6 Å². The van der Waals surface area contributed by atoms with E-state index >= 15 is 0 Å². The molecule has 1 N–H and O–H groups in total. The summed E-state index contributed by atoms with van der Waals surface area (Å²) in [6.07, 6.45) is 3.16. The number of nitrogens with zero attached hydrogens (tertiary/aromatic N) is 5. The number of aromatic hydroxyl groups is 1. The summed E-state index contributed by atoms with van der Waals surface area (Å²) >= 11 is 0. The van der Waals surface area contributed by atoms with Crippen molar-refractivity contribution < 1.29 is 19.2 Å². The lowest BCUT2D eigenvalue weighted by Gasteiger charge is -2.16. The van der Waals surface area contributed by atoms with E-state index in [9.17, 15) is 14.7 Å². The fourth-order valence-corrected chi connectivity index (χ4v) is 3.19. The molecule has 9 nitrogen and oxygen atoms in total. The minimum absolute atomic E-state index is 0.00520. The number of aromatic nitrogens is 3. The highest BCUT2D eigenvalue weighted by Gasteiger charge is 2.37. The van der Waals surface area contributed by atoms with Crippen LogP contribution in [-0.4, -0.2) is 43.4 Å². The quantitative estimate of drug-likeness (QED) is 0.680. The number of phenolic OH excluding ortho intramolecular Hbond substituents is 1. The van der Waals surface area contributed by atoms with Crippen LogP contribution in [0.5, 0.6) is 5.75 Å². The average Bonchev–Trinajstić information content (AvgIpc) is 3.32. The van der Waals surface area contributed by atoms with Crippen LogP contribution >= 0.6 is 0 Å². The van der Waals surface area contributed by atoms with Gasteiger partial charge in [-0.25, -0.2) is 9.69 Å². The Hall–Kier alpha value is -3.62. The number of anilines is 1. The number of imide groups is 1. The highest BCUT2D eigenvalue weighted by molar-refractivity contribution is 6.19. The summed E-state index contributed by atoms with van der Waals surface area (Å²) in [4.78, 5) is 27.8. The highest BCUT2D eigenvalue weighted by atomic mass is 16.5. The molecule has 3 heterocycles. The van der Waals surface area contributed by atoms with E-state index in [1.54, 1.807) is 35.1 Å². The number of phenols is 1. The Labute approximate surface area is 160 Å². The Bertz CT molecular complexity index is 1020. The maximum Gasteiger partial charge on any atom is 0.332 e. The molecule has 1 aliphatic rings. The van der Waals surface area contributed by atoms with Crippen LogP contribution in [0.3, 0.4) is 0 Å². The number of aryl methyl sites for hydroxylation is 2. The standard InChI is InChI=1S/C19H19N5O4/c1-12-17(13(2)28-21-12)10-23-9-15(7-20-23)24-18(26)11-22(19(24)27)8-14-3-5-16(25)6-4-14/h3-7,9,25H,8,10-11H2,1-2H3. The van der Waals surface area contributed by atoms with Gasteiger partial charge in [0.05, 0.1) is 24.1 Å². The van der Waals surface area contributed by atoms with Crippen molar-refractivity contribution in [3.8, 4) is 5.75 Å². The van der Waals surface area contributed by atoms with Gasteiger partial charge in [-0.3, -0.25) is 9.48 Å². The van der Waals surface area contributed by atoms with Gasteiger partial charge in [0.1, 0.15) is 18.1 Å². The fraction of sp³-hybridized carbons (Fsp3) is 0.263. The van der Waals surface area contributed by atoms with Crippen molar-refractivity contribution in [1.82, 2.24) is 19.8 Å². The van der Waals surface area contributed by atoms with Crippen LogP contribution in [0.4, 0.5) is 10.5 Å². The van der Waals surface area contributed by atoms with Crippen molar-refractivity contribution in [3.63, 3.8) is 0 Å². The number of benzene rings is 1. The van der Waals surface area contributed by atoms with E-state index in [-0.39, 0.29) is 24.7 Å². The fourth-order valence-electron chi connectivity index (χ4n) is 3.19. The summed E-state index contributed by atoms with van der Waals surface area (Å²) in [7, 11) is 0. The molecule has 9 heteroatoms. The molecule has 1 aromatic carbocycles. The first-order valence-corrected chi connectivity index (χ1v) is 8.76. The summed E-state index contributed by atoms with van der Waals surface area (Å²) < 4.78 is 6.80. The minimum Gasteiger partial charge on any atom is -0.508 e. The van der Waals surface area contributed by atoms with Crippen molar-refractivity contribution in [2.24, 2.45) is 0 Å². The summed E-state index contributed by atoms with van der Waals surface area (Å²) in [6.45, 7) is 4.40. The van der Waals surface area contributed by atoms with Crippen LogP contribution in [-0.2, 0) is 17.9 Å². The topological polar surface area (TPSA) is 105 Å². The molecule has 0 saturated carbocycles. The Kier molecular flexibility index (Phi) is 4.34. The smallest absolute Gasteiger partial charge is 0.332 e. The molecule has 3 aromatic rings. The molecule has 0 radical (unpaired) electrons. The summed E-state index contributed by atoms with van der Waals surface area (Å²) in [5.41, 5.74) is 2.95. The zero-order valence-electron chi connectivity index (χ0n) is 15.5. The average molecular weight is 381 g/mol. The largest absolute Gasteiger partial charge is 0.508 e. The third-order valence-electron chi connectivity index (χ3n) is 4.73. The van der Waals surface area contributed by atoms with Crippen molar-refractivity contribution in [1.29, 1.82) is 0 Å². The highest BCUT2D eigenvalue weighted by Crippen LogP contribution is 2.23. The molecule has 0 aliphatic carbocycles. The van der Waals surface area contributed by atoms with Crippen LogP contribution in [0.2, 0.25) is 0 Å². The van der Waals surface area contributed by atoms with Crippen LogP contribution in [0.25, 0.3) is 0 Å². The van der Waals surface area contributed by atoms with Gasteiger partial charge < -0.3 is 14.5 Å². The maximum absolute atomic E-state index is 12.7. The first-order chi connectivity index (χ1) is 13.4. The first-order valence-electron chi connectivity index (χ1n) is 8.76. The number of urea groups is 1. The normalized spacial score (nSPS) is 14.4. The molecule has 1 fully saturated rings. The summed E-state index contributed by atoms with van der Waals surface area (Å²) in [6, 6.07) is 6.15. The van der Waals surface area contributed by atoms with Crippen LogP contribution in [0.15, 0.2) is 41.2 Å². The van der Waals surface area contributed by atoms with Gasteiger partial charge in [0, 0.05) is 18.3 Å². The molecular weight excluding hydrogens is 362 g/mol. The molecule has 0 atom stereocenters. The van der Waals surface area contributed by atoms with E-state index in [0.717, 1.165) is 21.7 Å². The lowest BCUT2D eigenvalue weighted by atomic mass is 10.2. The van der Waals surface area contributed by atoms with Gasteiger partial charge in [-0.15, -0.1) is 0 Å². The predicted molar refractivity (Wildman–Crippen MR) is 98.7 cm³/mol. The molecule has 1 saturated heterocycles. The van der Waals surface area contributed by atoms with Gasteiger partial charge in [0.25, 0.3) is 5.91 Å². The van der Waals surface area contributed by atoms with Gasteiger partial charge in [-0.2, -0.15) is 5.10 Å². The number of carbonyl (C=O) groups excluding carboxylic acids is 2. The second kappa shape index (κ2) is 6.84. The van der Waals surface area contributed by atoms with Gasteiger partial charge in [0.2, 0.25) is 0 Å². The van der Waals surface area contributed by atoms with Gasteiger partial charge in [-0.05, 0) is 31.5 Å². The summed E-state index contributed by atoms with van der Waals surface area (Å²) in [5, 5.41) is 17.5. The third kappa shape index (κ3) is 3.22. The second-order valence-electron chi connectivity index (χ2n) is 6.73. The van der Waals surface area contributed by atoms with Crippen molar-refractivity contribution in [3.05, 3.63) is 59.2 Å². The van der Waals surface area contributed by atoms with Gasteiger partial charge >= 0.3 is 6.03 Å². The number of carbonyl (C=O) groups is 2. The van der Waals surface area contributed by atoms with Crippen molar-refractivity contribution in [2.45, 2.75) is 26.9 Å². The zero-order chi connectivity index (χ0) is 19.8. The van der Waals surface area contributed by atoms with Crippen LogP contribution in [0, 0.1) is 13.8 Å². The number of hydrogen-bond donors (Lipinski definition) is 1. The van der Waals surface area contributed by atoms with E-state index in [1.807, 2.05) is 13.8 Å². The zero-order valence-corrected chi connectivity index (χ0v) is 15.5. The molecule has 28 heavy (non-hydrogen) atoms. The van der Waals surface area contributed by atoms with Gasteiger partial charge in [-0.1, -0.05) is 17.3 Å². The van der Waals surface area contributed by atoms with E-state index < -0.39 is 6.03 Å². The predicted octanol–water partition coefficient (Wildman–Crippen LogP) is 2.21. The molecule has 0 unspecified atom stereocenters. The molecule has 2 aromatic heterocycles.